The van der Waals surface area contributed by atoms with Gasteiger partial charge in [-0.25, -0.2) is 0 Å². The molecule has 2 aromatic heterocycles. The van der Waals surface area contributed by atoms with Crippen molar-refractivity contribution in [2.75, 3.05) is 24.5 Å². The molecule has 0 bridgehead atoms. The average Bonchev–Trinajstić information content (AvgIpc) is 0.920. The van der Waals surface area contributed by atoms with E-state index in [4.69, 9.17) is 0 Å². The van der Waals surface area contributed by atoms with E-state index in [-0.39, 0.29) is 13.4 Å². The summed E-state index contributed by atoms with van der Waals surface area (Å²) in [4.78, 5) is 15.2. The Morgan fingerprint density at radius 2 is 0.628 bits per heavy atom. The Bertz CT molecular complexity index is 5620. The summed E-state index contributed by atoms with van der Waals surface area (Å²) in [5, 5.41) is 5.12. The molecule has 0 saturated heterocycles. The highest BCUT2D eigenvalue weighted by Crippen LogP contribution is 2.54. The van der Waals surface area contributed by atoms with Crippen LogP contribution in [0.3, 0.4) is 0 Å². The van der Waals surface area contributed by atoms with E-state index in [1.54, 1.807) is 0 Å². The van der Waals surface area contributed by atoms with Crippen LogP contribution in [0.4, 0.5) is 85.3 Å². The van der Waals surface area contributed by atoms with Gasteiger partial charge >= 0.3 is 0 Å². The number of hydrogen-bond acceptors (Lipinski definition) is 8. The van der Waals surface area contributed by atoms with Crippen molar-refractivity contribution in [2.45, 2.75) is 9.79 Å². The third-order valence-corrected chi connectivity index (χ3v) is 23.1. The van der Waals surface area contributed by atoms with Gasteiger partial charge in [-0.1, -0.05) is 211 Å². The Morgan fingerprint density at radius 3 is 1.09 bits per heavy atom. The summed E-state index contributed by atoms with van der Waals surface area (Å²) in [6.07, 6.45) is 0. The van der Waals surface area contributed by atoms with Crippen LogP contribution in [0, 0.1) is 0 Å². The summed E-state index contributed by atoms with van der Waals surface area (Å²) in [5.41, 5.74) is 24.9. The molecule has 0 radical (unpaired) electrons. The molecule has 4 aliphatic rings. The maximum Gasteiger partial charge on any atom is 0.252 e. The molecule has 4 aliphatic heterocycles. The van der Waals surface area contributed by atoms with Crippen LogP contribution in [0.1, 0.15) is 0 Å². The van der Waals surface area contributed by atoms with Crippen LogP contribution in [-0.4, -0.2) is 13.4 Å². The Labute approximate surface area is 558 Å². The smallest absolute Gasteiger partial charge is 0.252 e. The molecule has 0 saturated carbocycles. The van der Waals surface area contributed by atoms with Gasteiger partial charge in [-0.05, 0) is 155 Å². The van der Waals surface area contributed by atoms with Gasteiger partial charge in [0, 0.05) is 109 Å². The molecular formula is C84H53B2N5S3. The second-order valence-electron chi connectivity index (χ2n) is 24.7. The average molecular weight is 1250 g/mol. The monoisotopic (exact) mass is 1250 g/mol. The minimum absolute atomic E-state index is 0.125. The maximum atomic E-state index is 2.68. The summed E-state index contributed by atoms with van der Waals surface area (Å²) < 4.78 is 5.15. The van der Waals surface area contributed by atoms with E-state index in [9.17, 15) is 0 Å². The second-order valence-corrected chi connectivity index (χ2v) is 27.9. The Balaban J connectivity index is 0.911. The first-order chi connectivity index (χ1) is 46.7. The molecular weight excluding hydrogens is 1200 g/mol. The maximum absolute atomic E-state index is 2.68. The van der Waals surface area contributed by atoms with E-state index in [2.05, 4.69) is 346 Å². The van der Waals surface area contributed by atoms with Crippen molar-refractivity contribution in [1.82, 2.24) is 0 Å². The number of fused-ring (bicyclic) bond motifs is 16. The zero-order valence-electron chi connectivity index (χ0n) is 50.7. The molecule has 94 heavy (non-hydrogen) atoms. The molecule has 0 aliphatic carbocycles. The number of nitrogens with zero attached hydrogens (tertiary/aromatic N) is 5. The summed E-state index contributed by atoms with van der Waals surface area (Å²) in [6.45, 7) is -0.293. The molecule has 14 aromatic carbocycles. The highest BCUT2D eigenvalue weighted by molar-refractivity contribution is 8.00. The molecule has 16 aromatic rings. The molecule has 438 valence electrons. The zero-order chi connectivity index (χ0) is 61.5. The van der Waals surface area contributed by atoms with E-state index in [0.29, 0.717) is 0 Å². The van der Waals surface area contributed by atoms with Crippen LogP contribution in [0.25, 0.3) is 40.3 Å². The second kappa shape index (κ2) is 21.3. The van der Waals surface area contributed by atoms with Crippen molar-refractivity contribution >= 4 is 206 Å². The molecule has 0 amide bonds. The number of thiophene rings is 2. The van der Waals surface area contributed by atoms with Crippen molar-refractivity contribution in [2.24, 2.45) is 0 Å². The first kappa shape index (κ1) is 53.6. The fourth-order valence-corrected chi connectivity index (χ4v) is 19.4. The van der Waals surface area contributed by atoms with Crippen LogP contribution >= 0.6 is 34.4 Å². The Kier molecular flexibility index (Phi) is 12.1. The number of benzene rings is 14. The first-order valence-electron chi connectivity index (χ1n) is 32.1. The number of hydrogen-bond donors (Lipinski definition) is 0. The lowest BCUT2D eigenvalue weighted by Gasteiger charge is -2.46. The Morgan fingerprint density at radius 1 is 0.255 bits per heavy atom. The predicted octanol–water partition coefficient (Wildman–Crippen LogP) is 20.2. The fourth-order valence-electron chi connectivity index (χ4n) is 15.7. The Hall–Kier alpha value is -11.0. The van der Waals surface area contributed by atoms with E-state index < -0.39 is 0 Å². The van der Waals surface area contributed by atoms with Gasteiger partial charge in [0.2, 0.25) is 6.71 Å². The van der Waals surface area contributed by atoms with Crippen molar-refractivity contribution in [3.05, 3.63) is 322 Å². The molecule has 20 rings (SSSR count). The highest BCUT2D eigenvalue weighted by atomic mass is 32.2. The van der Waals surface area contributed by atoms with Crippen LogP contribution in [0.5, 0.6) is 0 Å². The summed E-state index contributed by atoms with van der Waals surface area (Å²) >= 11 is 5.76. The van der Waals surface area contributed by atoms with Gasteiger partial charge in [0.1, 0.15) is 0 Å². The molecule has 6 heterocycles. The van der Waals surface area contributed by atoms with Gasteiger partial charge < -0.3 is 24.5 Å². The molecule has 0 N–H and O–H groups in total. The summed E-state index contributed by atoms with van der Waals surface area (Å²) in [5.74, 6) is 0. The minimum atomic E-state index is -0.168. The first-order valence-corrected chi connectivity index (χ1v) is 34.6. The third-order valence-electron chi connectivity index (χ3n) is 19.6. The van der Waals surface area contributed by atoms with Crippen LogP contribution in [-0.2, 0) is 0 Å². The molecule has 0 atom stereocenters. The molecule has 5 nitrogen and oxygen atoms in total. The van der Waals surface area contributed by atoms with E-state index in [0.717, 1.165) is 62.6 Å². The topological polar surface area (TPSA) is 16.2 Å². The number of anilines is 15. The van der Waals surface area contributed by atoms with Crippen LogP contribution < -0.4 is 57.3 Å². The van der Waals surface area contributed by atoms with Crippen molar-refractivity contribution in [3.63, 3.8) is 0 Å². The number of para-hydroxylation sites is 7. The SMILES string of the molecule is c1ccc(N(c2ccccc2)c2cc3c4c(c2)N(c2ccccc2)c2c(ccc5c2sc2ccccc25)B4c2cc4c(cc2S3)N(c2ccccc2)c2cc(N(c3ccccc3)c3ccccc3)cc3c2B4c2ccc4c(sc5ccccc54)c2N3c2ccccc2)cc1. The zero-order valence-corrected chi connectivity index (χ0v) is 53.2. The van der Waals surface area contributed by atoms with Gasteiger partial charge in [-0.3, -0.25) is 0 Å². The number of rotatable bonds is 9. The van der Waals surface area contributed by atoms with E-state index in [1.165, 1.54) is 106 Å². The van der Waals surface area contributed by atoms with Gasteiger partial charge in [0.05, 0.1) is 26.5 Å². The largest absolute Gasteiger partial charge is 0.311 e. The van der Waals surface area contributed by atoms with Crippen LogP contribution in [0.15, 0.2) is 331 Å². The highest BCUT2D eigenvalue weighted by Gasteiger charge is 2.49. The van der Waals surface area contributed by atoms with Gasteiger partial charge in [-0.2, -0.15) is 0 Å². The molecule has 10 heteroatoms. The third kappa shape index (κ3) is 8.10. The van der Waals surface area contributed by atoms with E-state index in [1.807, 2.05) is 34.4 Å². The van der Waals surface area contributed by atoms with Crippen molar-refractivity contribution in [3.8, 4) is 0 Å². The van der Waals surface area contributed by atoms with Crippen molar-refractivity contribution < 1.29 is 0 Å². The van der Waals surface area contributed by atoms with E-state index >= 15 is 0 Å². The minimum Gasteiger partial charge on any atom is -0.311 e. The fraction of sp³-hybridized carbons (Fsp3) is 0. The standard InChI is InChI=1S/C84H53B2N5S3/c1-8-26-54(27-9-1)87(55-28-10-2-11-29-55)61-48-72-79-73(49-61)90(59-36-18-6-19-37-59)81-67(46-44-65-63-40-22-24-42-75(63)93-83(65)81)85(79)69-52-70-77(53-71(69)89(72)58-34-16-5-17-35-58)92-78-51-62(88(56-30-12-3-13-31-56)57-32-14-4-15-33-57)50-74-80(78)86(70)68-47-45-66-64-41-23-25-43-76(64)94-84(66)82(68)91(74)60-38-20-7-21-39-60/h1-53H. The molecule has 0 spiro atoms. The lowest BCUT2D eigenvalue weighted by molar-refractivity contribution is 1.22. The molecule has 0 unspecified atom stereocenters. The lowest BCUT2D eigenvalue weighted by Crippen LogP contribution is -2.64. The van der Waals surface area contributed by atoms with Crippen LogP contribution in [0.2, 0.25) is 0 Å². The van der Waals surface area contributed by atoms with Gasteiger partial charge in [-0.15, -0.1) is 22.7 Å². The quantitative estimate of drug-likeness (QED) is 0.133. The lowest BCUT2D eigenvalue weighted by atomic mass is 9.31. The van der Waals surface area contributed by atoms with Gasteiger partial charge in [0.25, 0.3) is 6.71 Å². The summed E-state index contributed by atoms with van der Waals surface area (Å²) in [6, 6.07) is 120. The molecule has 0 fully saturated rings. The van der Waals surface area contributed by atoms with Gasteiger partial charge in [0.15, 0.2) is 0 Å². The van der Waals surface area contributed by atoms with Crippen molar-refractivity contribution in [1.29, 1.82) is 0 Å². The normalized spacial score (nSPS) is 13.2. The predicted molar refractivity (Wildman–Crippen MR) is 406 cm³/mol. The summed E-state index contributed by atoms with van der Waals surface area (Å²) in [7, 11) is 0.